The van der Waals surface area contributed by atoms with Crippen LogP contribution in [0.2, 0.25) is 0 Å². The molecule has 1 heteroatoms. The standard InChI is InChI=1S/C28H32O/c1-25(2,3)19-11-17-9-10-18-12-20(26(4,5)6)14-24-22-16-29-15-21(22)23(13-19)27(17,7)28(18,24)8/h9-16H,1-8H3/t27-,28-/m1/s1. The first-order valence-corrected chi connectivity index (χ1v) is 10.8. The molecule has 0 N–H and O–H groups in total. The summed E-state index contributed by atoms with van der Waals surface area (Å²) in [6.45, 7) is 18.7. The Morgan fingerprint density at radius 2 is 1.00 bits per heavy atom. The fourth-order valence-corrected chi connectivity index (χ4v) is 5.62. The number of allylic oxidation sites excluding steroid dienone is 12. The van der Waals surface area contributed by atoms with Gasteiger partial charge in [-0.15, -0.1) is 0 Å². The average Bonchev–Trinajstić information content (AvgIpc) is 3.07. The van der Waals surface area contributed by atoms with Gasteiger partial charge in [-0.3, -0.25) is 0 Å². The molecule has 0 amide bonds. The van der Waals surface area contributed by atoms with Gasteiger partial charge >= 0.3 is 0 Å². The minimum absolute atomic E-state index is 0.103. The Morgan fingerprint density at radius 3 is 1.34 bits per heavy atom. The Morgan fingerprint density at radius 1 is 0.621 bits per heavy atom. The Balaban J connectivity index is 1.90. The van der Waals surface area contributed by atoms with Gasteiger partial charge in [0.2, 0.25) is 0 Å². The van der Waals surface area contributed by atoms with Gasteiger partial charge in [0, 0.05) is 22.0 Å². The Hall–Kier alpha value is -2.28. The van der Waals surface area contributed by atoms with Gasteiger partial charge in [0.1, 0.15) is 0 Å². The summed E-state index contributed by atoms with van der Waals surface area (Å²) in [6.07, 6.45) is 18.4. The zero-order valence-corrected chi connectivity index (χ0v) is 19.0. The minimum Gasteiger partial charge on any atom is -0.471 e. The van der Waals surface area contributed by atoms with Crippen LogP contribution in [-0.2, 0) is 0 Å². The molecule has 1 heterocycles. The van der Waals surface area contributed by atoms with Crippen molar-refractivity contribution < 1.29 is 4.42 Å². The highest BCUT2D eigenvalue weighted by Crippen LogP contribution is 2.71. The van der Waals surface area contributed by atoms with Gasteiger partial charge < -0.3 is 4.42 Å². The second-order valence-electron chi connectivity index (χ2n) is 11.5. The summed E-state index contributed by atoms with van der Waals surface area (Å²) in [7, 11) is 0. The van der Waals surface area contributed by atoms with E-state index in [4.69, 9.17) is 4.42 Å². The van der Waals surface area contributed by atoms with Gasteiger partial charge in [0.25, 0.3) is 0 Å². The third-order valence-electron chi connectivity index (χ3n) is 7.87. The lowest BCUT2D eigenvalue weighted by molar-refractivity contribution is 0.298. The number of rotatable bonds is 0. The largest absolute Gasteiger partial charge is 0.471 e. The maximum Gasteiger partial charge on any atom is 0.0984 e. The second kappa shape index (κ2) is 5.25. The molecule has 2 atom stereocenters. The lowest BCUT2D eigenvalue weighted by Crippen LogP contribution is -2.48. The summed E-state index contributed by atoms with van der Waals surface area (Å²) in [5.41, 5.74) is 10.9. The van der Waals surface area contributed by atoms with E-state index in [1.165, 1.54) is 44.6 Å². The SMILES string of the molecule is CC(C)(C)C1=CC2=CC=C3C=C(C(C)(C)C)C=C4c5cocc5C(=C1)[C@]2(C)[C@]34C. The average molecular weight is 385 g/mol. The van der Waals surface area contributed by atoms with E-state index in [0.29, 0.717) is 0 Å². The molecule has 0 aliphatic heterocycles. The fraction of sp³-hybridized carbons (Fsp3) is 0.429. The van der Waals surface area contributed by atoms with Crippen molar-refractivity contribution in [2.75, 3.05) is 0 Å². The van der Waals surface area contributed by atoms with Crippen molar-refractivity contribution in [3.05, 3.63) is 82.4 Å². The molecule has 0 unspecified atom stereocenters. The second-order valence-corrected chi connectivity index (χ2v) is 11.5. The van der Waals surface area contributed by atoms with E-state index >= 15 is 0 Å². The van der Waals surface area contributed by atoms with Crippen LogP contribution in [0.5, 0.6) is 0 Å². The molecule has 0 radical (unpaired) electrons. The van der Waals surface area contributed by atoms with E-state index in [1.807, 2.05) is 12.5 Å². The van der Waals surface area contributed by atoms with Crippen LogP contribution in [0.1, 0.15) is 66.5 Å². The highest BCUT2D eigenvalue weighted by Gasteiger charge is 2.60. The van der Waals surface area contributed by atoms with Crippen LogP contribution < -0.4 is 0 Å². The summed E-state index contributed by atoms with van der Waals surface area (Å²) in [5.74, 6) is 0. The first kappa shape index (κ1) is 18.7. The normalized spacial score (nSPS) is 30.2. The zero-order chi connectivity index (χ0) is 21.0. The van der Waals surface area contributed by atoms with Crippen molar-refractivity contribution in [1.82, 2.24) is 0 Å². The molecule has 150 valence electrons. The van der Waals surface area contributed by atoms with Crippen LogP contribution >= 0.6 is 0 Å². The number of hydrogen-bond donors (Lipinski definition) is 0. The smallest absolute Gasteiger partial charge is 0.0984 e. The van der Waals surface area contributed by atoms with Gasteiger partial charge in [-0.1, -0.05) is 91.8 Å². The number of fused-ring (bicyclic) bond motifs is 3. The van der Waals surface area contributed by atoms with E-state index in [-0.39, 0.29) is 21.7 Å². The topological polar surface area (TPSA) is 13.1 Å². The summed E-state index contributed by atoms with van der Waals surface area (Å²) in [4.78, 5) is 0. The van der Waals surface area contributed by atoms with Crippen molar-refractivity contribution in [2.24, 2.45) is 21.7 Å². The van der Waals surface area contributed by atoms with Crippen molar-refractivity contribution in [3.8, 4) is 0 Å². The maximum absolute atomic E-state index is 5.83. The summed E-state index contributed by atoms with van der Waals surface area (Å²) in [5, 5.41) is 0. The summed E-state index contributed by atoms with van der Waals surface area (Å²) >= 11 is 0. The molecule has 4 aliphatic rings. The highest BCUT2D eigenvalue weighted by atomic mass is 16.3. The third-order valence-corrected chi connectivity index (χ3v) is 7.87. The number of hydrogen-bond acceptors (Lipinski definition) is 1. The maximum atomic E-state index is 5.83. The van der Waals surface area contributed by atoms with Gasteiger partial charge in [0.15, 0.2) is 0 Å². The van der Waals surface area contributed by atoms with Gasteiger partial charge in [-0.25, -0.2) is 0 Å². The van der Waals surface area contributed by atoms with Crippen molar-refractivity contribution >= 4 is 11.1 Å². The molecule has 0 saturated carbocycles. The van der Waals surface area contributed by atoms with Crippen LogP contribution in [0.25, 0.3) is 11.1 Å². The molecule has 4 aliphatic carbocycles. The van der Waals surface area contributed by atoms with Crippen LogP contribution in [0.4, 0.5) is 0 Å². The summed E-state index contributed by atoms with van der Waals surface area (Å²) in [6, 6.07) is 0. The lowest BCUT2D eigenvalue weighted by atomic mass is 9.43. The van der Waals surface area contributed by atoms with Gasteiger partial charge in [0.05, 0.1) is 12.5 Å². The van der Waals surface area contributed by atoms with Crippen LogP contribution in [0, 0.1) is 21.7 Å². The van der Waals surface area contributed by atoms with E-state index < -0.39 is 0 Å². The Kier molecular flexibility index (Phi) is 3.39. The molecule has 0 fully saturated rings. The molecule has 29 heavy (non-hydrogen) atoms. The Labute approximate surface area is 175 Å². The molecule has 5 rings (SSSR count). The van der Waals surface area contributed by atoms with E-state index in [0.717, 1.165) is 0 Å². The predicted octanol–water partition coefficient (Wildman–Crippen LogP) is 7.91. The molecular formula is C28H32O. The molecule has 1 aromatic heterocycles. The van der Waals surface area contributed by atoms with Crippen molar-refractivity contribution in [2.45, 2.75) is 55.4 Å². The minimum atomic E-state index is -0.103. The summed E-state index contributed by atoms with van der Waals surface area (Å²) < 4.78 is 5.83. The lowest BCUT2D eigenvalue weighted by Gasteiger charge is -2.58. The number of furan rings is 1. The zero-order valence-electron chi connectivity index (χ0n) is 19.0. The molecule has 1 nitrogen and oxygen atoms in total. The molecule has 0 aromatic carbocycles. The first-order chi connectivity index (χ1) is 13.4. The Bertz CT molecular complexity index is 1040. The van der Waals surface area contributed by atoms with Gasteiger partial charge in [-0.2, -0.15) is 0 Å². The van der Waals surface area contributed by atoms with Crippen LogP contribution in [0.15, 0.2) is 75.7 Å². The van der Waals surface area contributed by atoms with Crippen molar-refractivity contribution in [3.63, 3.8) is 0 Å². The molecule has 0 bridgehead atoms. The highest BCUT2D eigenvalue weighted by molar-refractivity contribution is 5.98. The quantitative estimate of drug-likeness (QED) is 0.443. The first-order valence-electron chi connectivity index (χ1n) is 10.8. The van der Waals surface area contributed by atoms with Crippen LogP contribution in [-0.4, -0.2) is 0 Å². The van der Waals surface area contributed by atoms with E-state index in [2.05, 4.69) is 91.8 Å². The monoisotopic (exact) mass is 384 g/mol. The molecule has 0 spiro atoms. The van der Waals surface area contributed by atoms with E-state index in [9.17, 15) is 0 Å². The molecule has 0 saturated heterocycles. The predicted molar refractivity (Wildman–Crippen MR) is 122 cm³/mol. The van der Waals surface area contributed by atoms with Gasteiger partial charge in [-0.05, 0) is 44.3 Å². The molecule has 1 aromatic rings. The fourth-order valence-electron chi connectivity index (χ4n) is 5.62. The van der Waals surface area contributed by atoms with E-state index in [1.54, 1.807) is 0 Å². The van der Waals surface area contributed by atoms with Crippen LogP contribution in [0.3, 0.4) is 0 Å². The molecular weight excluding hydrogens is 352 g/mol. The third kappa shape index (κ3) is 2.17. The van der Waals surface area contributed by atoms with Crippen molar-refractivity contribution in [1.29, 1.82) is 0 Å².